The molecule has 0 fully saturated rings. The van der Waals surface area contributed by atoms with E-state index in [1.165, 1.54) is 0 Å². The first-order chi connectivity index (χ1) is 10.2. The summed E-state index contributed by atoms with van der Waals surface area (Å²) in [6, 6.07) is 13.8. The van der Waals surface area contributed by atoms with Crippen LogP contribution in [-0.4, -0.2) is 11.7 Å². The van der Waals surface area contributed by atoms with Crippen molar-refractivity contribution in [2.75, 3.05) is 10.6 Å². The molecule has 2 aromatic rings. The lowest BCUT2D eigenvalue weighted by molar-refractivity contribution is -0.115. The van der Waals surface area contributed by atoms with Crippen molar-refractivity contribution in [1.29, 1.82) is 0 Å². The summed E-state index contributed by atoms with van der Waals surface area (Å²) in [6.45, 7) is 0.603. The summed E-state index contributed by atoms with van der Waals surface area (Å²) in [7, 11) is 0. The number of amidine groups is 1. The maximum absolute atomic E-state index is 12.3. The fourth-order valence-electron chi connectivity index (χ4n) is 2.80. The number of nitrogens with zero attached hydrogens (tertiary/aromatic N) is 1. The molecule has 4 nitrogen and oxygen atoms in total. The molecular weight excluding hydrogens is 330 g/mol. The van der Waals surface area contributed by atoms with Crippen molar-refractivity contribution >= 4 is 39.0 Å². The minimum Gasteiger partial charge on any atom is -0.343 e. The van der Waals surface area contributed by atoms with Crippen LogP contribution in [0.3, 0.4) is 0 Å². The molecule has 2 aliphatic rings. The van der Waals surface area contributed by atoms with Gasteiger partial charge in [-0.25, -0.2) is 0 Å². The minimum absolute atomic E-state index is 0.0336. The van der Waals surface area contributed by atoms with Crippen LogP contribution >= 0.6 is 15.9 Å². The van der Waals surface area contributed by atoms with Crippen LogP contribution < -0.4 is 10.6 Å². The third-order valence-corrected chi connectivity index (χ3v) is 4.31. The van der Waals surface area contributed by atoms with Gasteiger partial charge in [-0.2, -0.15) is 0 Å². The second-order valence-corrected chi connectivity index (χ2v) is 6.05. The smallest absolute Gasteiger partial charge is 0.239 e. The zero-order chi connectivity index (χ0) is 14.4. The molecule has 2 heterocycles. The van der Waals surface area contributed by atoms with Crippen molar-refractivity contribution in [3.8, 4) is 0 Å². The number of carbonyl (C=O) groups is 1. The van der Waals surface area contributed by atoms with Crippen molar-refractivity contribution < 1.29 is 4.79 Å². The zero-order valence-electron chi connectivity index (χ0n) is 11.1. The van der Waals surface area contributed by atoms with E-state index in [0.29, 0.717) is 12.4 Å². The standard InChI is InChI=1S/C16H12BrN3O/c17-10-5-6-13-11(7-10)14(16(21)20-13)15-18-8-9-3-1-2-4-12(9)19-15/h1-7,14H,8H2,(H,18,19)(H,20,21). The topological polar surface area (TPSA) is 53.5 Å². The Morgan fingerprint density at radius 1 is 1.10 bits per heavy atom. The van der Waals surface area contributed by atoms with Gasteiger partial charge < -0.3 is 10.6 Å². The molecule has 4 rings (SSSR count). The summed E-state index contributed by atoms with van der Waals surface area (Å²) in [5.41, 5.74) is 3.99. The van der Waals surface area contributed by atoms with Crippen molar-refractivity contribution in [3.63, 3.8) is 0 Å². The molecule has 104 valence electrons. The molecule has 1 atom stereocenters. The first-order valence-corrected chi connectivity index (χ1v) is 7.51. The van der Waals surface area contributed by atoms with Gasteiger partial charge in [0.25, 0.3) is 0 Å². The molecule has 0 saturated heterocycles. The fraction of sp³-hybridized carbons (Fsp3) is 0.125. The molecule has 0 aliphatic carbocycles. The van der Waals surface area contributed by atoms with Gasteiger partial charge in [-0.05, 0) is 35.4 Å². The number of carbonyl (C=O) groups excluding carboxylic acids is 1. The summed E-state index contributed by atoms with van der Waals surface area (Å²) < 4.78 is 0.958. The number of anilines is 2. The molecule has 0 spiro atoms. The molecule has 2 N–H and O–H groups in total. The van der Waals surface area contributed by atoms with Gasteiger partial charge in [0, 0.05) is 15.8 Å². The Kier molecular flexibility index (Phi) is 2.82. The van der Waals surface area contributed by atoms with Crippen LogP contribution in [0.2, 0.25) is 0 Å². The Labute approximate surface area is 130 Å². The van der Waals surface area contributed by atoms with Crippen molar-refractivity contribution in [2.24, 2.45) is 4.99 Å². The number of rotatable bonds is 1. The molecule has 5 heteroatoms. The Bertz CT molecular complexity index is 785. The number of nitrogens with one attached hydrogen (secondary N) is 2. The molecular formula is C16H12BrN3O. The van der Waals surface area contributed by atoms with Crippen LogP contribution in [0.5, 0.6) is 0 Å². The van der Waals surface area contributed by atoms with Crippen LogP contribution in [-0.2, 0) is 11.3 Å². The number of amides is 1. The van der Waals surface area contributed by atoms with Crippen LogP contribution in [0, 0.1) is 0 Å². The maximum atomic E-state index is 12.3. The monoisotopic (exact) mass is 341 g/mol. The highest BCUT2D eigenvalue weighted by molar-refractivity contribution is 9.10. The van der Waals surface area contributed by atoms with Gasteiger partial charge in [0.2, 0.25) is 5.91 Å². The van der Waals surface area contributed by atoms with E-state index >= 15 is 0 Å². The van der Waals surface area contributed by atoms with Crippen LogP contribution in [0.4, 0.5) is 11.4 Å². The van der Waals surface area contributed by atoms with E-state index in [1.54, 1.807) is 0 Å². The summed E-state index contributed by atoms with van der Waals surface area (Å²) in [5.74, 6) is 0.308. The van der Waals surface area contributed by atoms with Gasteiger partial charge in [-0.15, -0.1) is 0 Å². The number of halogens is 1. The first kappa shape index (κ1) is 12.6. The summed E-state index contributed by atoms with van der Waals surface area (Å²) >= 11 is 3.46. The zero-order valence-corrected chi connectivity index (χ0v) is 12.6. The lowest BCUT2D eigenvalue weighted by atomic mass is 9.98. The lowest BCUT2D eigenvalue weighted by Gasteiger charge is -2.21. The summed E-state index contributed by atoms with van der Waals surface area (Å²) in [5, 5.41) is 6.22. The number of benzene rings is 2. The summed E-state index contributed by atoms with van der Waals surface area (Å²) in [4.78, 5) is 16.9. The van der Waals surface area contributed by atoms with Crippen molar-refractivity contribution in [1.82, 2.24) is 0 Å². The third-order valence-electron chi connectivity index (χ3n) is 3.82. The molecule has 2 aromatic carbocycles. The normalized spacial score (nSPS) is 19.2. The third kappa shape index (κ3) is 2.05. The van der Waals surface area contributed by atoms with Gasteiger partial charge in [-0.1, -0.05) is 34.1 Å². The van der Waals surface area contributed by atoms with Crippen molar-refractivity contribution in [3.05, 3.63) is 58.1 Å². The van der Waals surface area contributed by atoms with E-state index < -0.39 is 0 Å². The lowest BCUT2D eigenvalue weighted by Crippen LogP contribution is -2.29. The molecule has 2 aliphatic heterocycles. The van der Waals surface area contributed by atoms with Gasteiger partial charge in [0.15, 0.2) is 0 Å². The number of para-hydroxylation sites is 1. The quantitative estimate of drug-likeness (QED) is 0.833. The molecule has 0 aromatic heterocycles. The van der Waals surface area contributed by atoms with Gasteiger partial charge in [0.05, 0.1) is 6.54 Å². The maximum Gasteiger partial charge on any atom is 0.239 e. The highest BCUT2D eigenvalue weighted by Crippen LogP contribution is 2.37. The second kappa shape index (κ2) is 4.70. The van der Waals surface area contributed by atoms with Crippen LogP contribution in [0.1, 0.15) is 17.0 Å². The highest BCUT2D eigenvalue weighted by Gasteiger charge is 2.35. The number of hydrogen-bond acceptors (Lipinski definition) is 3. The average Bonchev–Trinajstić information content (AvgIpc) is 2.82. The predicted molar refractivity (Wildman–Crippen MR) is 86.7 cm³/mol. The SMILES string of the molecule is O=C1Nc2ccc(Br)cc2C1C1=NCc2ccccc2N1. The second-order valence-electron chi connectivity index (χ2n) is 5.14. The molecule has 0 saturated carbocycles. The molecule has 21 heavy (non-hydrogen) atoms. The van der Waals surface area contributed by atoms with Crippen LogP contribution in [0.15, 0.2) is 51.9 Å². The number of hydrogen-bond donors (Lipinski definition) is 2. The molecule has 0 bridgehead atoms. The highest BCUT2D eigenvalue weighted by atomic mass is 79.9. The Morgan fingerprint density at radius 3 is 2.86 bits per heavy atom. The minimum atomic E-state index is -0.370. The van der Waals surface area contributed by atoms with E-state index in [0.717, 1.165) is 27.0 Å². The largest absolute Gasteiger partial charge is 0.343 e. The molecule has 1 unspecified atom stereocenters. The molecule has 1 amide bonds. The number of aliphatic imine (C=N–C) groups is 1. The predicted octanol–water partition coefficient (Wildman–Crippen LogP) is 3.51. The van der Waals surface area contributed by atoms with E-state index in [-0.39, 0.29) is 11.8 Å². The van der Waals surface area contributed by atoms with E-state index in [2.05, 4.69) is 31.6 Å². The van der Waals surface area contributed by atoms with E-state index in [4.69, 9.17) is 0 Å². The molecule has 0 radical (unpaired) electrons. The Morgan fingerprint density at radius 2 is 1.95 bits per heavy atom. The average molecular weight is 342 g/mol. The first-order valence-electron chi connectivity index (χ1n) is 6.72. The number of fused-ring (bicyclic) bond motifs is 2. The van der Waals surface area contributed by atoms with Crippen molar-refractivity contribution in [2.45, 2.75) is 12.5 Å². The Balaban J connectivity index is 1.74. The van der Waals surface area contributed by atoms with Gasteiger partial charge in [0.1, 0.15) is 11.8 Å². The van der Waals surface area contributed by atoms with Gasteiger partial charge in [-0.3, -0.25) is 9.79 Å². The van der Waals surface area contributed by atoms with E-state index in [9.17, 15) is 4.79 Å². The Hall–Kier alpha value is -2.14. The van der Waals surface area contributed by atoms with E-state index in [1.807, 2.05) is 42.5 Å². The fourth-order valence-corrected chi connectivity index (χ4v) is 3.17. The summed E-state index contributed by atoms with van der Waals surface area (Å²) in [6.07, 6.45) is 0. The van der Waals surface area contributed by atoms with Gasteiger partial charge >= 0.3 is 0 Å². The van der Waals surface area contributed by atoms with Crippen LogP contribution in [0.25, 0.3) is 0 Å².